The van der Waals surface area contributed by atoms with E-state index in [9.17, 15) is 0 Å². The van der Waals surface area contributed by atoms with E-state index in [0.717, 1.165) is 24.0 Å². The third-order valence-electron chi connectivity index (χ3n) is 9.08. The molecule has 3 aliphatic rings. The second-order valence-electron chi connectivity index (χ2n) is 12.0. The van der Waals surface area contributed by atoms with Gasteiger partial charge >= 0.3 is 0 Å². The van der Waals surface area contributed by atoms with Crippen LogP contribution in [0.1, 0.15) is 62.8 Å². The maximum absolute atomic E-state index is 6.11. The maximum Gasteiger partial charge on any atom is 0.113 e. The Kier molecular flexibility index (Phi) is 4.98. The van der Waals surface area contributed by atoms with Crippen LogP contribution in [0.2, 0.25) is 0 Å². The van der Waals surface area contributed by atoms with Gasteiger partial charge in [-0.25, -0.2) is 0 Å². The van der Waals surface area contributed by atoms with E-state index in [1.807, 2.05) is 12.1 Å². The predicted octanol–water partition coefficient (Wildman–Crippen LogP) is 8.65. The first-order valence-corrected chi connectivity index (χ1v) is 13.7. The van der Waals surface area contributed by atoms with Crippen molar-refractivity contribution in [2.45, 2.75) is 51.4 Å². The van der Waals surface area contributed by atoms with Crippen LogP contribution in [0.3, 0.4) is 0 Å². The average molecular weight is 489 g/mol. The number of rotatable bonds is 3. The minimum absolute atomic E-state index is 0.00798. The van der Waals surface area contributed by atoms with E-state index in [2.05, 4.69) is 118 Å². The fourth-order valence-corrected chi connectivity index (χ4v) is 7.03. The number of anilines is 3. The van der Waals surface area contributed by atoms with E-state index >= 15 is 0 Å². The highest BCUT2D eigenvalue weighted by Crippen LogP contribution is 2.53. The lowest BCUT2D eigenvalue weighted by atomic mass is 9.80. The van der Waals surface area contributed by atoms with Gasteiger partial charge in [0.15, 0.2) is 0 Å². The van der Waals surface area contributed by atoms with Gasteiger partial charge in [0.1, 0.15) is 7.85 Å². The van der Waals surface area contributed by atoms with Crippen LogP contribution in [0.25, 0.3) is 16.7 Å². The average Bonchev–Trinajstić information content (AvgIpc) is 3.30. The van der Waals surface area contributed by atoms with Crippen LogP contribution in [0, 0.1) is 0 Å². The molecule has 0 bridgehead atoms. The summed E-state index contributed by atoms with van der Waals surface area (Å²) in [5.41, 5.74) is 15.5. The molecule has 0 aliphatic heterocycles. The number of benzene rings is 4. The molecule has 3 aliphatic carbocycles. The summed E-state index contributed by atoms with van der Waals surface area (Å²) in [6.45, 7) is 9.43. The molecule has 0 fully saturated rings. The lowest BCUT2D eigenvalue weighted by Crippen LogP contribution is -2.19. The largest absolute Gasteiger partial charge is 0.310 e. The standard InChI is InChI=1S/C36H32BN/c1-35(2)31-11-7-5-9-27(31)29-19-17-25(21-33(29)35)38(24-15-13-23(37)14-16-24)26-18-20-30-28-10-6-8-12-32(28)36(3,4)34(30)22-26/h5,7-9,11-22H,6,10H2,1-4H3. The molecule has 38 heavy (non-hydrogen) atoms. The van der Waals surface area contributed by atoms with Crippen LogP contribution in [-0.4, -0.2) is 7.85 Å². The number of nitrogens with zero attached hydrogens (tertiary/aromatic N) is 1. The first-order valence-electron chi connectivity index (χ1n) is 13.7. The van der Waals surface area contributed by atoms with E-state index in [4.69, 9.17) is 7.85 Å². The number of allylic oxidation sites excluding steroid dienone is 4. The van der Waals surface area contributed by atoms with Crippen molar-refractivity contribution in [1.82, 2.24) is 0 Å². The summed E-state index contributed by atoms with van der Waals surface area (Å²) in [6, 6.07) is 31.2. The van der Waals surface area contributed by atoms with Crippen LogP contribution in [0.5, 0.6) is 0 Å². The highest BCUT2D eigenvalue weighted by atomic mass is 15.1. The van der Waals surface area contributed by atoms with Gasteiger partial charge < -0.3 is 4.90 Å². The molecule has 0 atom stereocenters. The normalized spacial score (nSPS) is 17.6. The quantitative estimate of drug-likeness (QED) is 0.260. The molecular weight excluding hydrogens is 457 g/mol. The number of fused-ring (bicyclic) bond motifs is 5. The molecule has 0 N–H and O–H groups in total. The Labute approximate surface area is 227 Å². The Morgan fingerprint density at radius 1 is 0.632 bits per heavy atom. The van der Waals surface area contributed by atoms with E-state index in [0.29, 0.717) is 0 Å². The van der Waals surface area contributed by atoms with E-state index in [1.54, 1.807) is 0 Å². The first kappa shape index (κ1) is 23.3. The molecule has 184 valence electrons. The Morgan fingerprint density at radius 2 is 1.24 bits per heavy atom. The van der Waals surface area contributed by atoms with E-state index in [1.165, 1.54) is 55.9 Å². The fourth-order valence-electron chi connectivity index (χ4n) is 7.03. The van der Waals surface area contributed by atoms with Crippen LogP contribution in [-0.2, 0) is 10.8 Å². The predicted molar refractivity (Wildman–Crippen MR) is 162 cm³/mol. The Balaban J connectivity index is 1.40. The highest BCUT2D eigenvalue weighted by Gasteiger charge is 2.38. The summed E-state index contributed by atoms with van der Waals surface area (Å²) in [6.07, 6.45) is 6.94. The molecule has 4 aromatic carbocycles. The van der Waals surface area contributed by atoms with Crippen molar-refractivity contribution >= 4 is 35.9 Å². The first-order chi connectivity index (χ1) is 18.3. The highest BCUT2D eigenvalue weighted by molar-refractivity contribution is 6.32. The van der Waals surface area contributed by atoms with Gasteiger partial charge in [0.2, 0.25) is 0 Å². The van der Waals surface area contributed by atoms with Crippen LogP contribution in [0.4, 0.5) is 17.1 Å². The molecule has 0 unspecified atom stereocenters. The summed E-state index contributed by atoms with van der Waals surface area (Å²) in [7, 11) is 6.11. The number of hydrogen-bond acceptors (Lipinski definition) is 1. The third kappa shape index (κ3) is 3.26. The molecule has 7 rings (SSSR count). The summed E-state index contributed by atoms with van der Waals surface area (Å²) >= 11 is 0. The molecule has 2 radical (unpaired) electrons. The van der Waals surface area contributed by atoms with E-state index in [-0.39, 0.29) is 10.8 Å². The van der Waals surface area contributed by atoms with Crippen molar-refractivity contribution in [3.05, 3.63) is 125 Å². The zero-order valence-corrected chi connectivity index (χ0v) is 22.7. The van der Waals surface area contributed by atoms with Gasteiger partial charge in [0.05, 0.1) is 0 Å². The van der Waals surface area contributed by atoms with Gasteiger partial charge in [-0.05, 0) is 93.8 Å². The zero-order valence-electron chi connectivity index (χ0n) is 22.7. The minimum atomic E-state index is -0.0516. The van der Waals surface area contributed by atoms with Crippen LogP contribution < -0.4 is 10.4 Å². The van der Waals surface area contributed by atoms with Gasteiger partial charge in [-0.2, -0.15) is 0 Å². The molecule has 0 heterocycles. The van der Waals surface area contributed by atoms with Crippen LogP contribution >= 0.6 is 0 Å². The monoisotopic (exact) mass is 489 g/mol. The van der Waals surface area contributed by atoms with Crippen molar-refractivity contribution < 1.29 is 0 Å². The van der Waals surface area contributed by atoms with Crippen molar-refractivity contribution in [2.75, 3.05) is 4.90 Å². The Hall–Kier alpha value is -3.78. The van der Waals surface area contributed by atoms with Gasteiger partial charge in [-0.3, -0.25) is 0 Å². The molecule has 0 saturated carbocycles. The van der Waals surface area contributed by atoms with E-state index < -0.39 is 0 Å². The minimum Gasteiger partial charge on any atom is -0.310 e. The lowest BCUT2D eigenvalue weighted by molar-refractivity contribution is 0.651. The molecule has 0 aromatic heterocycles. The maximum atomic E-state index is 6.11. The topological polar surface area (TPSA) is 3.24 Å². The summed E-state index contributed by atoms with van der Waals surface area (Å²) in [4.78, 5) is 2.39. The molecule has 0 amide bonds. The van der Waals surface area contributed by atoms with Crippen molar-refractivity contribution in [3.63, 3.8) is 0 Å². The number of hydrogen-bond donors (Lipinski definition) is 0. The second kappa shape index (κ2) is 8.11. The third-order valence-corrected chi connectivity index (χ3v) is 9.08. The van der Waals surface area contributed by atoms with Gasteiger partial charge in [-0.15, -0.1) is 0 Å². The molecular formula is C36H32BN. The second-order valence-corrected chi connectivity index (χ2v) is 12.0. The molecule has 1 nitrogen and oxygen atoms in total. The molecule has 4 aromatic rings. The summed E-state index contributed by atoms with van der Waals surface area (Å²) < 4.78 is 0. The fraction of sp³-hybridized carbons (Fsp3) is 0.222. The van der Waals surface area contributed by atoms with Gasteiger partial charge in [0.25, 0.3) is 0 Å². The Bertz CT molecular complexity index is 1670. The Morgan fingerprint density at radius 3 is 1.97 bits per heavy atom. The lowest BCUT2D eigenvalue weighted by Gasteiger charge is -2.30. The van der Waals surface area contributed by atoms with Crippen LogP contribution in [0.15, 0.2) is 103 Å². The van der Waals surface area contributed by atoms with Crippen molar-refractivity contribution in [2.24, 2.45) is 0 Å². The SMILES string of the molecule is [B]c1ccc(N(c2ccc3c(c2)C(C)(C)C2=C3CCC=C2)c2ccc3c(c2)C(C)(C)c2ccccc2-3)cc1. The zero-order chi connectivity index (χ0) is 26.2. The van der Waals surface area contributed by atoms with Gasteiger partial charge in [0, 0.05) is 27.9 Å². The summed E-state index contributed by atoms with van der Waals surface area (Å²) in [5, 5.41) is 0. The summed E-state index contributed by atoms with van der Waals surface area (Å²) in [5.74, 6) is 0. The van der Waals surface area contributed by atoms with Crippen molar-refractivity contribution in [1.29, 1.82) is 0 Å². The van der Waals surface area contributed by atoms with Crippen molar-refractivity contribution in [3.8, 4) is 11.1 Å². The molecule has 0 spiro atoms. The smallest absolute Gasteiger partial charge is 0.113 e. The molecule has 2 heteroatoms. The van der Waals surface area contributed by atoms with Gasteiger partial charge in [-0.1, -0.05) is 93.8 Å². The molecule has 0 saturated heterocycles.